The van der Waals surface area contributed by atoms with Crippen molar-refractivity contribution in [3.63, 3.8) is 0 Å². The highest BCUT2D eigenvalue weighted by Crippen LogP contribution is 2.26. The normalized spacial score (nSPS) is 21.4. The van der Waals surface area contributed by atoms with Crippen molar-refractivity contribution >= 4 is 26.0 Å². The zero-order valence-corrected chi connectivity index (χ0v) is 20.8. The van der Waals surface area contributed by atoms with E-state index >= 15 is 0 Å². The molecule has 2 heterocycles. The smallest absolute Gasteiger partial charge is 0.243 e. The monoisotopic (exact) mass is 506 g/mol. The lowest BCUT2D eigenvalue weighted by atomic mass is 10.2. The highest BCUT2D eigenvalue weighted by atomic mass is 32.2. The SMILES string of the molecule is CCN1CCN(C(=O)[C@H]2CN(S(=O)(=O)c3ccccc3)CCN2S(=O)(=O)c2ccccc2)CC1. The molecule has 0 aromatic heterocycles. The van der Waals surface area contributed by atoms with Gasteiger partial charge in [-0.05, 0) is 30.8 Å². The van der Waals surface area contributed by atoms with Crippen LogP contribution in [0.5, 0.6) is 0 Å². The van der Waals surface area contributed by atoms with E-state index < -0.39 is 26.1 Å². The molecule has 184 valence electrons. The first-order valence-electron chi connectivity index (χ1n) is 11.4. The third-order valence-electron chi connectivity index (χ3n) is 6.44. The third kappa shape index (κ3) is 4.89. The fourth-order valence-corrected chi connectivity index (χ4v) is 7.46. The molecule has 34 heavy (non-hydrogen) atoms. The van der Waals surface area contributed by atoms with E-state index in [-0.39, 0.29) is 35.3 Å². The number of hydrogen-bond acceptors (Lipinski definition) is 6. The molecule has 1 amide bonds. The lowest BCUT2D eigenvalue weighted by Gasteiger charge is -2.42. The summed E-state index contributed by atoms with van der Waals surface area (Å²) in [5.41, 5.74) is 0. The van der Waals surface area contributed by atoms with Crippen molar-refractivity contribution in [2.75, 3.05) is 52.4 Å². The summed E-state index contributed by atoms with van der Waals surface area (Å²) in [6, 6.07) is 14.8. The van der Waals surface area contributed by atoms with Gasteiger partial charge in [-0.3, -0.25) is 4.79 Å². The topological polar surface area (TPSA) is 98.3 Å². The molecule has 2 aliphatic rings. The maximum atomic E-state index is 13.6. The molecule has 0 aliphatic carbocycles. The van der Waals surface area contributed by atoms with Gasteiger partial charge in [0.1, 0.15) is 6.04 Å². The van der Waals surface area contributed by atoms with Crippen molar-refractivity contribution in [3.8, 4) is 0 Å². The molecule has 0 bridgehead atoms. The lowest BCUT2D eigenvalue weighted by Crippen LogP contribution is -2.63. The van der Waals surface area contributed by atoms with Crippen LogP contribution in [-0.4, -0.2) is 99.6 Å². The molecule has 4 rings (SSSR count). The van der Waals surface area contributed by atoms with E-state index in [2.05, 4.69) is 11.8 Å². The molecule has 9 nitrogen and oxygen atoms in total. The second kappa shape index (κ2) is 10.1. The van der Waals surface area contributed by atoms with Crippen LogP contribution in [0.4, 0.5) is 0 Å². The summed E-state index contributed by atoms with van der Waals surface area (Å²) in [7, 11) is -7.86. The van der Waals surface area contributed by atoms with Crippen molar-refractivity contribution < 1.29 is 21.6 Å². The standard InChI is InChI=1S/C23H30N4O5S2/c1-2-24-13-15-25(16-14-24)23(28)22-19-26(33(29,30)20-9-5-3-6-10-20)17-18-27(22)34(31,32)21-11-7-4-8-12-21/h3-12,22H,2,13-19H2,1H3/t22-/m1/s1. The third-order valence-corrected chi connectivity index (χ3v) is 10.2. The molecule has 2 fully saturated rings. The fraction of sp³-hybridized carbons (Fsp3) is 0.435. The average molecular weight is 507 g/mol. The number of amides is 1. The Balaban J connectivity index is 1.65. The largest absolute Gasteiger partial charge is 0.339 e. The molecule has 2 aliphatic heterocycles. The molecule has 1 atom stereocenters. The number of nitrogens with zero attached hydrogens (tertiary/aromatic N) is 4. The summed E-state index contributed by atoms with van der Waals surface area (Å²) < 4.78 is 55.9. The van der Waals surface area contributed by atoms with Crippen molar-refractivity contribution in [1.29, 1.82) is 0 Å². The lowest BCUT2D eigenvalue weighted by molar-refractivity contribution is -0.138. The Morgan fingerprint density at radius 1 is 0.765 bits per heavy atom. The first-order valence-corrected chi connectivity index (χ1v) is 14.3. The Morgan fingerprint density at radius 2 is 1.29 bits per heavy atom. The van der Waals surface area contributed by atoms with E-state index in [0.717, 1.165) is 6.54 Å². The van der Waals surface area contributed by atoms with Gasteiger partial charge in [0.15, 0.2) is 0 Å². The minimum absolute atomic E-state index is 0.0311. The number of piperazine rings is 2. The molecule has 2 saturated heterocycles. The highest BCUT2D eigenvalue weighted by molar-refractivity contribution is 7.89. The molecule has 0 N–H and O–H groups in total. The molecule has 2 aromatic rings. The van der Waals surface area contributed by atoms with Crippen LogP contribution in [0.3, 0.4) is 0 Å². The minimum atomic E-state index is -3.99. The fourth-order valence-electron chi connectivity index (χ4n) is 4.41. The molecular formula is C23H30N4O5S2. The molecular weight excluding hydrogens is 476 g/mol. The molecule has 11 heteroatoms. The first-order chi connectivity index (χ1) is 16.2. The van der Waals surface area contributed by atoms with Crippen molar-refractivity contribution in [2.45, 2.75) is 22.8 Å². The van der Waals surface area contributed by atoms with Crippen LogP contribution in [-0.2, 0) is 24.8 Å². The second-order valence-electron chi connectivity index (χ2n) is 8.38. The van der Waals surface area contributed by atoms with E-state index in [1.54, 1.807) is 41.3 Å². The highest BCUT2D eigenvalue weighted by Gasteiger charge is 2.45. The van der Waals surface area contributed by atoms with Crippen molar-refractivity contribution in [1.82, 2.24) is 18.4 Å². The summed E-state index contributed by atoms with van der Waals surface area (Å²) in [6.45, 7) is 4.93. The van der Waals surface area contributed by atoms with Crippen LogP contribution in [0.25, 0.3) is 0 Å². The number of hydrogen-bond donors (Lipinski definition) is 0. The van der Waals surface area contributed by atoms with Gasteiger partial charge in [-0.15, -0.1) is 0 Å². The van der Waals surface area contributed by atoms with Gasteiger partial charge < -0.3 is 9.80 Å². The van der Waals surface area contributed by atoms with E-state index in [0.29, 0.717) is 26.2 Å². The summed E-state index contributed by atoms with van der Waals surface area (Å²) in [5.74, 6) is -0.358. The van der Waals surface area contributed by atoms with E-state index in [1.165, 1.54) is 32.9 Å². The predicted molar refractivity (Wildman–Crippen MR) is 128 cm³/mol. The van der Waals surface area contributed by atoms with Crippen LogP contribution in [0, 0.1) is 0 Å². The summed E-state index contributed by atoms with van der Waals surface area (Å²) in [5, 5.41) is 0. The maximum Gasteiger partial charge on any atom is 0.243 e. The summed E-state index contributed by atoms with van der Waals surface area (Å²) in [6.07, 6.45) is 0. The Kier molecular flexibility index (Phi) is 7.39. The van der Waals surface area contributed by atoms with Gasteiger partial charge in [0.05, 0.1) is 9.79 Å². The van der Waals surface area contributed by atoms with Crippen LogP contribution >= 0.6 is 0 Å². The number of likely N-dealkylation sites (N-methyl/N-ethyl adjacent to an activating group) is 1. The molecule has 0 saturated carbocycles. The zero-order valence-electron chi connectivity index (χ0n) is 19.2. The quantitative estimate of drug-likeness (QED) is 0.578. The Morgan fingerprint density at radius 3 is 1.82 bits per heavy atom. The van der Waals surface area contributed by atoms with Crippen LogP contribution in [0.1, 0.15) is 6.92 Å². The van der Waals surface area contributed by atoms with Crippen molar-refractivity contribution in [3.05, 3.63) is 60.7 Å². The number of carbonyl (C=O) groups excluding carboxylic acids is 1. The van der Waals surface area contributed by atoms with Gasteiger partial charge in [-0.25, -0.2) is 16.8 Å². The maximum absolute atomic E-state index is 13.6. The van der Waals surface area contributed by atoms with E-state index in [4.69, 9.17) is 0 Å². The predicted octanol–water partition coefficient (Wildman–Crippen LogP) is 0.915. The average Bonchev–Trinajstić information content (AvgIpc) is 2.89. The van der Waals surface area contributed by atoms with Gasteiger partial charge in [0.2, 0.25) is 26.0 Å². The Bertz CT molecular complexity index is 1200. The van der Waals surface area contributed by atoms with Gasteiger partial charge in [-0.2, -0.15) is 8.61 Å². The Hall–Kier alpha value is -2.31. The zero-order chi connectivity index (χ0) is 24.3. The van der Waals surface area contributed by atoms with Gasteiger partial charge >= 0.3 is 0 Å². The number of benzene rings is 2. The second-order valence-corrected chi connectivity index (χ2v) is 12.2. The van der Waals surface area contributed by atoms with Crippen LogP contribution < -0.4 is 0 Å². The molecule has 0 radical (unpaired) electrons. The number of sulfonamides is 2. The molecule has 0 unspecified atom stereocenters. The summed E-state index contributed by atoms with van der Waals surface area (Å²) >= 11 is 0. The van der Waals surface area contributed by atoms with Crippen LogP contribution in [0.2, 0.25) is 0 Å². The Labute approximate surface area is 201 Å². The number of rotatable bonds is 6. The van der Waals surface area contributed by atoms with Gasteiger partial charge in [0, 0.05) is 45.8 Å². The molecule has 2 aromatic carbocycles. The van der Waals surface area contributed by atoms with Crippen molar-refractivity contribution in [2.24, 2.45) is 0 Å². The van der Waals surface area contributed by atoms with Gasteiger partial charge in [-0.1, -0.05) is 43.3 Å². The van der Waals surface area contributed by atoms with Crippen LogP contribution in [0.15, 0.2) is 70.5 Å². The minimum Gasteiger partial charge on any atom is -0.339 e. The first kappa shape index (κ1) is 24.8. The summed E-state index contributed by atoms with van der Waals surface area (Å²) in [4.78, 5) is 17.7. The number of carbonyl (C=O) groups is 1. The van der Waals surface area contributed by atoms with E-state index in [9.17, 15) is 21.6 Å². The molecule has 0 spiro atoms. The van der Waals surface area contributed by atoms with E-state index in [1.807, 2.05) is 0 Å². The van der Waals surface area contributed by atoms with Gasteiger partial charge in [0.25, 0.3) is 0 Å².